The summed E-state index contributed by atoms with van der Waals surface area (Å²) in [7, 11) is 0. The predicted molar refractivity (Wildman–Crippen MR) is 58.6 cm³/mol. The molecule has 1 saturated heterocycles. The van der Waals surface area contributed by atoms with Crippen molar-refractivity contribution in [2.45, 2.75) is 38.1 Å². The third-order valence-corrected chi connectivity index (χ3v) is 3.01. The second-order valence-corrected chi connectivity index (χ2v) is 4.25. The summed E-state index contributed by atoms with van der Waals surface area (Å²) in [5.74, 6) is 1.11. The number of nitrogens with two attached hydrogens (primary N) is 1. The molecule has 3 N–H and O–H groups in total. The van der Waals surface area contributed by atoms with Gasteiger partial charge in [0.05, 0.1) is 11.7 Å². The van der Waals surface area contributed by atoms with Gasteiger partial charge >= 0.3 is 0 Å². The third kappa shape index (κ3) is 2.38. The highest BCUT2D eigenvalue weighted by Crippen LogP contribution is 2.23. The second kappa shape index (κ2) is 4.77. The summed E-state index contributed by atoms with van der Waals surface area (Å²) in [5.41, 5.74) is 6.57. The molecule has 1 aliphatic heterocycles. The molecular weight excluding hydrogens is 190 g/mol. The van der Waals surface area contributed by atoms with Crippen molar-refractivity contribution in [3.8, 4) is 0 Å². The first-order valence-corrected chi connectivity index (χ1v) is 5.70. The fraction of sp³-hybridized carbons (Fsp3) is 0.727. The number of nitrogens with zero attached hydrogens (tertiary/aromatic N) is 1. The highest BCUT2D eigenvalue weighted by atomic mass is 16.3. The Labute approximate surface area is 90.2 Å². The number of oxazole rings is 1. The molecule has 0 aromatic carbocycles. The molecule has 2 rings (SSSR count). The Kier molecular flexibility index (Phi) is 3.38. The van der Waals surface area contributed by atoms with Gasteiger partial charge < -0.3 is 15.5 Å². The van der Waals surface area contributed by atoms with Crippen LogP contribution in [0.5, 0.6) is 0 Å². The van der Waals surface area contributed by atoms with E-state index >= 15 is 0 Å². The van der Waals surface area contributed by atoms with E-state index in [1.165, 1.54) is 12.8 Å². The zero-order valence-corrected chi connectivity index (χ0v) is 9.20. The molecule has 0 radical (unpaired) electrons. The van der Waals surface area contributed by atoms with E-state index in [4.69, 9.17) is 10.2 Å². The molecule has 84 valence electrons. The van der Waals surface area contributed by atoms with Gasteiger partial charge in [-0.2, -0.15) is 0 Å². The van der Waals surface area contributed by atoms with E-state index in [9.17, 15) is 0 Å². The zero-order valence-electron chi connectivity index (χ0n) is 9.20. The predicted octanol–water partition coefficient (Wildman–Crippen LogP) is 1.55. The van der Waals surface area contributed by atoms with E-state index in [2.05, 4.69) is 17.2 Å². The lowest BCUT2D eigenvalue weighted by Crippen LogP contribution is -2.27. The highest BCUT2D eigenvalue weighted by Gasteiger charge is 2.20. The van der Waals surface area contributed by atoms with Crippen molar-refractivity contribution in [1.29, 1.82) is 0 Å². The fourth-order valence-corrected chi connectivity index (χ4v) is 1.87. The zero-order chi connectivity index (χ0) is 10.7. The maximum Gasteiger partial charge on any atom is 0.211 e. The smallest absolute Gasteiger partial charge is 0.211 e. The van der Waals surface area contributed by atoms with E-state index < -0.39 is 0 Å². The Hall–Kier alpha value is -0.870. The van der Waals surface area contributed by atoms with Crippen LogP contribution in [-0.4, -0.2) is 18.1 Å². The van der Waals surface area contributed by atoms with Crippen molar-refractivity contribution >= 4 is 0 Å². The van der Waals surface area contributed by atoms with Crippen molar-refractivity contribution in [2.24, 2.45) is 5.73 Å². The first kappa shape index (κ1) is 10.6. The summed E-state index contributed by atoms with van der Waals surface area (Å²) in [6.45, 7) is 3.74. The highest BCUT2D eigenvalue weighted by molar-refractivity contribution is 5.06. The van der Waals surface area contributed by atoms with Crippen molar-refractivity contribution in [2.75, 3.05) is 13.1 Å². The quantitative estimate of drug-likeness (QED) is 0.792. The van der Waals surface area contributed by atoms with Crippen LogP contribution in [0.3, 0.4) is 0 Å². The third-order valence-electron chi connectivity index (χ3n) is 3.01. The minimum atomic E-state index is 0.283. The first-order valence-electron chi connectivity index (χ1n) is 5.70. The number of nitrogens with one attached hydrogen (secondary N) is 1. The number of piperidine rings is 1. The molecule has 1 aliphatic rings. The van der Waals surface area contributed by atoms with Gasteiger partial charge in [-0.15, -0.1) is 0 Å². The normalized spacial score (nSPS) is 24.0. The molecule has 2 heterocycles. The lowest BCUT2D eigenvalue weighted by Gasteiger charge is -2.20. The van der Waals surface area contributed by atoms with Crippen molar-refractivity contribution in [3.63, 3.8) is 0 Å². The summed E-state index contributed by atoms with van der Waals surface area (Å²) in [5, 5.41) is 3.42. The van der Waals surface area contributed by atoms with Gasteiger partial charge in [-0.05, 0) is 19.4 Å². The number of hydrogen-bond acceptors (Lipinski definition) is 4. The summed E-state index contributed by atoms with van der Waals surface area (Å²) in [6, 6.07) is 0.303. The minimum absolute atomic E-state index is 0.283. The van der Waals surface area contributed by atoms with Gasteiger partial charge in [0.25, 0.3) is 0 Å². The van der Waals surface area contributed by atoms with Gasteiger partial charge in [-0.3, -0.25) is 0 Å². The topological polar surface area (TPSA) is 64.1 Å². The molecule has 2 unspecified atom stereocenters. The average molecular weight is 209 g/mol. The van der Waals surface area contributed by atoms with Crippen LogP contribution in [0.2, 0.25) is 0 Å². The number of rotatable bonds is 3. The Bertz CT molecular complexity index is 305. The molecule has 0 saturated carbocycles. The van der Waals surface area contributed by atoms with Crippen LogP contribution in [-0.2, 0) is 0 Å². The maximum atomic E-state index is 5.59. The average Bonchev–Trinajstić information content (AvgIpc) is 2.78. The Morgan fingerprint density at radius 2 is 2.53 bits per heavy atom. The van der Waals surface area contributed by atoms with Crippen LogP contribution < -0.4 is 11.1 Å². The molecule has 4 heteroatoms. The molecule has 0 spiro atoms. The summed E-state index contributed by atoms with van der Waals surface area (Å²) >= 11 is 0. The number of aromatic nitrogens is 1. The van der Waals surface area contributed by atoms with Gasteiger partial charge in [0.1, 0.15) is 6.26 Å². The molecular formula is C11H19N3O. The molecule has 0 amide bonds. The van der Waals surface area contributed by atoms with E-state index in [0.717, 1.165) is 24.6 Å². The lowest BCUT2D eigenvalue weighted by molar-refractivity contribution is 0.338. The lowest BCUT2D eigenvalue weighted by atomic mass is 10.1. The van der Waals surface area contributed by atoms with Crippen molar-refractivity contribution in [3.05, 3.63) is 17.8 Å². The summed E-state index contributed by atoms with van der Waals surface area (Å²) < 4.78 is 5.50. The van der Waals surface area contributed by atoms with E-state index in [1.807, 2.05) is 0 Å². The van der Waals surface area contributed by atoms with E-state index in [1.54, 1.807) is 6.26 Å². The van der Waals surface area contributed by atoms with Gasteiger partial charge in [-0.25, -0.2) is 4.98 Å². The van der Waals surface area contributed by atoms with E-state index in [0.29, 0.717) is 12.6 Å². The van der Waals surface area contributed by atoms with Crippen molar-refractivity contribution < 1.29 is 4.42 Å². The van der Waals surface area contributed by atoms with Gasteiger partial charge in [0.2, 0.25) is 5.89 Å². The first-order chi connectivity index (χ1) is 7.31. The Balaban J connectivity index is 2.05. The van der Waals surface area contributed by atoms with Crippen LogP contribution in [0, 0.1) is 0 Å². The summed E-state index contributed by atoms with van der Waals surface area (Å²) in [4.78, 5) is 4.50. The largest absolute Gasteiger partial charge is 0.447 e. The fourth-order valence-electron chi connectivity index (χ4n) is 1.87. The number of hydrogen-bond donors (Lipinski definition) is 2. The van der Waals surface area contributed by atoms with Crippen LogP contribution >= 0.6 is 0 Å². The standard InChI is InChI=1S/C11H19N3O/c1-8(6-12)10-7-15-11(14-10)9-4-2-3-5-13-9/h7-9,13H,2-6,12H2,1H3. The van der Waals surface area contributed by atoms with Crippen LogP contribution in [0.4, 0.5) is 0 Å². The molecule has 0 bridgehead atoms. The Morgan fingerprint density at radius 1 is 1.67 bits per heavy atom. The molecule has 4 nitrogen and oxygen atoms in total. The van der Waals surface area contributed by atoms with Gasteiger partial charge in [-0.1, -0.05) is 13.3 Å². The molecule has 0 aliphatic carbocycles. The van der Waals surface area contributed by atoms with Crippen LogP contribution in [0.25, 0.3) is 0 Å². The van der Waals surface area contributed by atoms with Crippen LogP contribution in [0.1, 0.15) is 49.7 Å². The van der Waals surface area contributed by atoms with Gasteiger partial charge in [0, 0.05) is 12.5 Å². The summed E-state index contributed by atoms with van der Waals surface area (Å²) in [6.07, 6.45) is 5.37. The monoisotopic (exact) mass is 209 g/mol. The SMILES string of the molecule is CC(CN)c1coc(C2CCCCN2)n1. The second-order valence-electron chi connectivity index (χ2n) is 4.25. The minimum Gasteiger partial charge on any atom is -0.447 e. The molecule has 15 heavy (non-hydrogen) atoms. The molecule has 1 aromatic heterocycles. The van der Waals surface area contributed by atoms with Gasteiger partial charge in [0.15, 0.2) is 0 Å². The molecule has 2 atom stereocenters. The Morgan fingerprint density at radius 3 is 3.20 bits per heavy atom. The van der Waals surface area contributed by atoms with Crippen LogP contribution in [0.15, 0.2) is 10.7 Å². The van der Waals surface area contributed by atoms with E-state index in [-0.39, 0.29) is 5.92 Å². The maximum absolute atomic E-state index is 5.59. The molecule has 1 aromatic rings. The van der Waals surface area contributed by atoms with Crippen molar-refractivity contribution in [1.82, 2.24) is 10.3 Å². The molecule has 1 fully saturated rings.